The van der Waals surface area contributed by atoms with Gasteiger partial charge in [0.15, 0.2) is 5.79 Å². The Morgan fingerprint density at radius 1 is 1.53 bits per heavy atom. The summed E-state index contributed by atoms with van der Waals surface area (Å²) < 4.78 is 5.24. The van der Waals surface area contributed by atoms with E-state index in [9.17, 15) is 5.11 Å². The van der Waals surface area contributed by atoms with Crippen molar-refractivity contribution in [3.63, 3.8) is 0 Å². The largest absolute Gasteiger partial charge is 0.394 e. The minimum atomic E-state index is -0.937. The molecule has 1 unspecified atom stereocenters. The molecule has 0 amide bonds. The summed E-state index contributed by atoms with van der Waals surface area (Å²) in [6.45, 7) is 6.67. The van der Waals surface area contributed by atoms with Crippen molar-refractivity contribution in [1.29, 1.82) is 0 Å². The topological polar surface area (TPSA) is 49.7 Å². The fourth-order valence-corrected chi connectivity index (χ4v) is 2.22. The molecule has 17 heavy (non-hydrogen) atoms. The summed E-state index contributed by atoms with van der Waals surface area (Å²) in [6.07, 6.45) is 6.28. The van der Waals surface area contributed by atoms with E-state index >= 15 is 0 Å². The lowest BCUT2D eigenvalue weighted by molar-refractivity contribution is -0.144. The van der Waals surface area contributed by atoms with Crippen LogP contribution in [0.3, 0.4) is 0 Å². The van der Waals surface area contributed by atoms with Crippen molar-refractivity contribution in [1.82, 2.24) is 0 Å². The zero-order valence-corrected chi connectivity index (χ0v) is 11.3. The summed E-state index contributed by atoms with van der Waals surface area (Å²) in [7, 11) is 0. The Labute approximate surface area is 104 Å². The van der Waals surface area contributed by atoms with E-state index in [0.29, 0.717) is 5.92 Å². The molecule has 3 nitrogen and oxygen atoms in total. The second-order valence-corrected chi connectivity index (χ2v) is 5.52. The van der Waals surface area contributed by atoms with E-state index in [1.54, 1.807) is 0 Å². The van der Waals surface area contributed by atoms with Crippen molar-refractivity contribution < 1.29 is 14.9 Å². The highest BCUT2D eigenvalue weighted by atomic mass is 16.6. The van der Waals surface area contributed by atoms with Gasteiger partial charge in [0.05, 0.1) is 13.2 Å². The van der Waals surface area contributed by atoms with Gasteiger partial charge >= 0.3 is 0 Å². The summed E-state index contributed by atoms with van der Waals surface area (Å²) in [5.74, 6) is -0.0638. The highest BCUT2D eigenvalue weighted by Crippen LogP contribution is 2.48. The molecule has 0 spiro atoms. The Hall–Kier alpha value is -0.380. The van der Waals surface area contributed by atoms with Crippen LogP contribution in [-0.2, 0) is 4.74 Å². The van der Waals surface area contributed by atoms with E-state index in [0.717, 1.165) is 25.7 Å². The van der Waals surface area contributed by atoms with E-state index in [1.807, 2.05) is 0 Å². The summed E-state index contributed by atoms with van der Waals surface area (Å²) in [5, 5.41) is 18.6. The molecular weight excluding hydrogens is 216 g/mol. The smallest absolute Gasteiger partial charge is 0.169 e. The van der Waals surface area contributed by atoms with Crippen molar-refractivity contribution in [2.24, 2.45) is 11.8 Å². The molecule has 0 bridgehead atoms. The van der Waals surface area contributed by atoms with Crippen molar-refractivity contribution in [3.8, 4) is 0 Å². The first kappa shape index (κ1) is 14.7. The third kappa shape index (κ3) is 5.19. The third-order valence-corrected chi connectivity index (χ3v) is 3.36. The van der Waals surface area contributed by atoms with Crippen LogP contribution in [0.1, 0.15) is 46.5 Å². The summed E-state index contributed by atoms with van der Waals surface area (Å²) in [4.78, 5) is 0. The van der Waals surface area contributed by atoms with Gasteiger partial charge in [-0.1, -0.05) is 18.6 Å². The van der Waals surface area contributed by atoms with Crippen LogP contribution in [0, 0.1) is 11.8 Å². The lowest BCUT2D eigenvalue weighted by Crippen LogP contribution is -2.19. The number of hydrogen-bond acceptors (Lipinski definition) is 3. The first-order valence-corrected chi connectivity index (χ1v) is 6.58. The Morgan fingerprint density at radius 2 is 2.24 bits per heavy atom. The molecular formula is C14H26O3. The normalized spacial score (nSPS) is 28.9. The molecule has 2 N–H and O–H groups in total. The lowest BCUT2D eigenvalue weighted by Gasteiger charge is -2.14. The SMILES string of the molecule is CC(C)=CCCC(C)C[C@H]1C[C@@]1(O)OCCO. The van der Waals surface area contributed by atoms with Gasteiger partial charge in [-0.05, 0) is 39.0 Å². The number of aliphatic hydroxyl groups is 2. The van der Waals surface area contributed by atoms with E-state index < -0.39 is 5.79 Å². The van der Waals surface area contributed by atoms with Crippen LogP contribution in [0.2, 0.25) is 0 Å². The Morgan fingerprint density at radius 3 is 2.82 bits per heavy atom. The lowest BCUT2D eigenvalue weighted by atomic mass is 9.98. The van der Waals surface area contributed by atoms with E-state index in [2.05, 4.69) is 26.8 Å². The second-order valence-electron chi connectivity index (χ2n) is 5.52. The average Bonchev–Trinajstić information content (AvgIpc) is 2.86. The maximum atomic E-state index is 9.94. The van der Waals surface area contributed by atoms with Crippen LogP contribution in [0.15, 0.2) is 11.6 Å². The quantitative estimate of drug-likeness (QED) is 0.508. The van der Waals surface area contributed by atoms with Gasteiger partial charge in [-0.15, -0.1) is 0 Å². The maximum absolute atomic E-state index is 9.94. The molecule has 0 heterocycles. The second kappa shape index (κ2) is 6.53. The molecule has 0 aromatic heterocycles. The zero-order valence-electron chi connectivity index (χ0n) is 11.3. The summed E-state index contributed by atoms with van der Waals surface area (Å²) >= 11 is 0. The molecule has 0 radical (unpaired) electrons. The predicted molar refractivity (Wildman–Crippen MR) is 68.5 cm³/mol. The fourth-order valence-electron chi connectivity index (χ4n) is 2.22. The molecule has 0 saturated heterocycles. The van der Waals surface area contributed by atoms with Gasteiger partial charge in [0.2, 0.25) is 0 Å². The van der Waals surface area contributed by atoms with Crippen molar-refractivity contribution >= 4 is 0 Å². The van der Waals surface area contributed by atoms with E-state index in [-0.39, 0.29) is 19.1 Å². The fraction of sp³-hybridized carbons (Fsp3) is 0.857. The monoisotopic (exact) mass is 242 g/mol. The number of hydrogen-bond donors (Lipinski definition) is 2. The molecule has 1 saturated carbocycles. The number of rotatable bonds is 8. The molecule has 1 aliphatic carbocycles. The molecule has 3 atom stereocenters. The molecule has 3 heteroatoms. The first-order valence-electron chi connectivity index (χ1n) is 6.58. The minimum Gasteiger partial charge on any atom is -0.394 e. The third-order valence-electron chi connectivity index (χ3n) is 3.36. The van der Waals surface area contributed by atoms with Crippen LogP contribution in [-0.4, -0.2) is 29.2 Å². The molecule has 0 aromatic carbocycles. The highest BCUT2D eigenvalue weighted by molar-refractivity contribution is 4.97. The van der Waals surface area contributed by atoms with Crippen molar-refractivity contribution in [2.75, 3.05) is 13.2 Å². The minimum absolute atomic E-state index is 0.0227. The predicted octanol–water partition coefficient (Wildman–Crippen LogP) is 2.48. The van der Waals surface area contributed by atoms with Crippen LogP contribution in [0.4, 0.5) is 0 Å². The Bertz CT molecular complexity index is 258. The summed E-state index contributed by atoms with van der Waals surface area (Å²) in [6, 6.07) is 0. The average molecular weight is 242 g/mol. The molecule has 0 aliphatic heterocycles. The zero-order chi connectivity index (χ0) is 12.9. The number of ether oxygens (including phenoxy) is 1. The van der Waals surface area contributed by atoms with Gasteiger partial charge < -0.3 is 14.9 Å². The molecule has 1 fully saturated rings. The van der Waals surface area contributed by atoms with Crippen LogP contribution in [0.25, 0.3) is 0 Å². The van der Waals surface area contributed by atoms with Crippen LogP contribution in [0.5, 0.6) is 0 Å². The number of aliphatic hydroxyl groups excluding tert-OH is 1. The van der Waals surface area contributed by atoms with Crippen molar-refractivity contribution in [3.05, 3.63) is 11.6 Å². The molecule has 1 aliphatic rings. The Balaban J connectivity index is 2.16. The van der Waals surface area contributed by atoms with Gasteiger partial charge in [0.25, 0.3) is 0 Å². The van der Waals surface area contributed by atoms with Gasteiger partial charge in [-0.25, -0.2) is 0 Å². The van der Waals surface area contributed by atoms with Crippen LogP contribution < -0.4 is 0 Å². The Kier molecular flexibility index (Phi) is 5.63. The van der Waals surface area contributed by atoms with Crippen LogP contribution >= 0.6 is 0 Å². The maximum Gasteiger partial charge on any atom is 0.169 e. The molecule has 100 valence electrons. The van der Waals surface area contributed by atoms with Gasteiger partial charge in [0.1, 0.15) is 0 Å². The van der Waals surface area contributed by atoms with Gasteiger partial charge in [-0.2, -0.15) is 0 Å². The van der Waals surface area contributed by atoms with Crippen molar-refractivity contribution in [2.45, 2.75) is 52.2 Å². The van der Waals surface area contributed by atoms with Gasteiger partial charge in [-0.3, -0.25) is 0 Å². The molecule has 1 rings (SSSR count). The van der Waals surface area contributed by atoms with Gasteiger partial charge in [0, 0.05) is 12.3 Å². The highest BCUT2D eigenvalue weighted by Gasteiger charge is 2.54. The standard InChI is InChI=1S/C14H26O3/c1-11(2)5-4-6-12(3)9-13-10-14(13,16)17-8-7-15/h5,12-13,15-16H,4,6-10H2,1-3H3/t12?,13-,14+/m0/s1. The van der Waals surface area contributed by atoms with E-state index in [4.69, 9.17) is 9.84 Å². The van der Waals surface area contributed by atoms with E-state index in [1.165, 1.54) is 5.57 Å². The first-order chi connectivity index (χ1) is 7.98. The molecule has 0 aromatic rings. The number of allylic oxidation sites excluding steroid dienone is 2. The summed E-state index contributed by atoms with van der Waals surface area (Å²) in [5.41, 5.74) is 1.37.